The Bertz CT molecular complexity index is 582. The summed E-state index contributed by atoms with van der Waals surface area (Å²) in [7, 11) is 2.26. The van der Waals surface area contributed by atoms with Gasteiger partial charge in [-0.05, 0) is 36.2 Å². The fraction of sp³-hybridized carbons (Fsp3) is 0.250. The van der Waals surface area contributed by atoms with Crippen LogP contribution in [-0.4, -0.2) is 24.2 Å². The minimum Gasteiger partial charge on any atom is -0.493 e. The van der Waals surface area contributed by atoms with E-state index in [-0.39, 0.29) is 0 Å². The Hall–Kier alpha value is -1.81. The first kappa shape index (κ1) is 14.6. The Morgan fingerprint density at radius 3 is 2.30 bits per heavy atom. The Labute approximate surface area is 122 Å². The molecule has 0 fully saturated rings. The third kappa shape index (κ3) is 3.61. The van der Waals surface area contributed by atoms with Crippen LogP contribution in [-0.2, 0) is 17.2 Å². The van der Waals surface area contributed by atoms with E-state index in [9.17, 15) is 4.21 Å². The van der Waals surface area contributed by atoms with E-state index in [4.69, 9.17) is 9.47 Å². The van der Waals surface area contributed by atoms with Crippen molar-refractivity contribution in [2.24, 2.45) is 0 Å². The largest absolute Gasteiger partial charge is 0.493 e. The van der Waals surface area contributed by atoms with E-state index in [1.807, 2.05) is 48.5 Å². The molecular weight excluding hydrogens is 272 g/mol. The number of aryl methyl sites for hydroxylation is 1. The zero-order valence-corrected chi connectivity index (χ0v) is 12.5. The SMILES string of the molecule is COc1ccc(CCS(=O)c2ccccc2)cc1OC. The van der Waals surface area contributed by atoms with Crippen LogP contribution in [0.4, 0.5) is 0 Å². The molecule has 3 nitrogen and oxygen atoms in total. The average Bonchev–Trinajstić information content (AvgIpc) is 2.53. The molecule has 0 radical (unpaired) electrons. The van der Waals surface area contributed by atoms with Gasteiger partial charge >= 0.3 is 0 Å². The van der Waals surface area contributed by atoms with Crippen molar-refractivity contribution in [3.63, 3.8) is 0 Å². The molecule has 0 aliphatic rings. The first-order chi connectivity index (χ1) is 9.74. The average molecular weight is 290 g/mol. The van der Waals surface area contributed by atoms with Crippen LogP contribution in [0.1, 0.15) is 5.56 Å². The molecule has 0 saturated carbocycles. The molecule has 1 unspecified atom stereocenters. The first-order valence-corrected chi connectivity index (χ1v) is 7.71. The number of hydrogen-bond acceptors (Lipinski definition) is 3. The Morgan fingerprint density at radius 2 is 1.65 bits per heavy atom. The maximum Gasteiger partial charge on any atom is 0.160 e. The molecule has 2 aromatic carbocycles. The summed E-state index contributed by atoms with van der Waals surface area (Å²) in [4.78, 5) is 0.868. The highest BCUT2D eigenvalue weighted by Gasteiger charge is 2.07. The summed E-state index contributed by atoms with van der Waals surface area (Å²) in [6, 6.07) is 15.3. The van der Waals surface area contributed by atoms with Crippen molar-refractivity contribution in [2.45, 2.75) is 11.3 Å². The molecule has 2 rings (SSSR count). The number of hydrogen-bond donors (Lipinski definition) is 0. The van der Waals surface area contributed by atoms with Crippen molar-refractivity contribution in [3.05, 3.63) is 54.1 Å². The van der Waals surface area contributed by atoms with Gasteiger partial charge in [-0.1, -0.05) is 24.3 Å². The fourth-order valence-electron chi connectivity index (χ4n) is 1.94. The van der Waals surface area contributed by atoms with Crippen LogP contribution in [0.5, 0.6) is 11.5 Å². The molecule has 106 valence electrons. The van der Waals surface area contributed by atoms with Crippen LogP contribution < -0.4 is 9.47 Å². The highest BCUT2D eigenvalue weighted by atomic mass is 32.2. The zero-order valence-electron chi connectivity index (χ0n) is 11.7. The van der Waals surface area contributed by atoms with Gasteiger partial charge in [-0.15, -0.1) is 0 Å². The molecule has 0 aliphatic carbocycles. The summed E-state index contributed by atoms with van der Waals surface area (Å²) < 4.78 is 22.6. The Morgan fingerprint density at radius 1 is 0.950 bits per heavy atom. The predicted octanol–water partition coefficient (Wildman–Crippen LogP) is 3.05. The van der Waals surface area contributed by atoms with Gasteiger partial charge in [0.1, 0.15) is 0 Å². The summed E-state index contributed by atoms with van der Waals surface area (Å²) >= 11 is 0. The zero-order chi connectivity index (χ0) is 14.4. The molecule has 0 bridgehead atoms. The highest BCUT2D eigenvalue weighted by molar-refractivity contribution is 7.85. The van der Waals surface area contributed by atoms with Gasteiger partial charge in [0.25, 0.3) is 0 Å². The van der Waals surface area contributed by atoms with Gasteiger partial charge in [-0.3, -0.25) is 4.21 Å². The van der Waals surface area contributed by atoms with Crippen LogP contribution in [0, 0.1) is 0 Å². The summed E-state index contributed by atoms with van der Waals surface area (Å²) in [5.74, 6) is 2.01. The van der Waals surface area contributed by atoms with Crippen LogP contribution in [0.2, 0.25) is 0 Å². The second-order valence-electron chi connectivity index (χ2n) is 4.30. The number of ether oxygens (including phenoxy) is 2. The van der Waals surface area contributed by atoms with Gasteiger partial charge in [0.05, 0.1) is 25.0 Å². The fourth-order valence-corrected chi connectivity index (χ4v) is 3.05. The molecule has 0 spiro atoms. The van der Waals surface area contributed by atoms with Crippen molar-refractivity contribution >= 4 is 10.8 Å². The highest BCUT2D eigenvalue weighted by Crippen LogP contribution is 2.27. The van der Waals surface area contributed by atoms with Crippen molar-refractivity contribution in [1.82, 2.24) is 0 Å². The monoisotopic (exact) mass is 290 g/mol. The lowest BCUT2D eigenvalue weighted by Gasteiger charge is -2.09. The van der Waals surface area contributed by atoms with Crippen molar-refractivity contribution in [1.29, 1.82) is 0 Å². The molecule has 0 amide bonds. The third-order valence-corrected chi connectivity index (χ3v) is 4.40. The molecule has 0 aromatic heterocycles. The summed E-state index contributed by atoms with van der Waals surface area (Å²) in [5.41, 5.74) is 1.09. The molecule has 0 N–H and O–H groups in total. The first-order valence-electron chi connectivity index (χ1n) is 6.39. The van der Waals surface area contributed by atoms with Crippen LogP contribution in [0.3, 0.4) is 0 Å². The number of rotatable bonds is 6. The quantitative estimate of drug-likeness (QED) is 0.820. The topological polar surface area (TPSA) is 35.5 Å². The molecule has 2 aromatic rings. The van der Waals surface area contributed by atoms with Crippen molar-refractivity contribution in [3.8, 4) is 11.5 Å². The van der Waals surface area contributed by atoms with Gasteiger partial charge < -0.3 is 9.47 Å². The van der Waals surface area contributed by atoms with E-state index in [1.165, 1.54) is 0 Å². The second-order valence-corrected chi connectivity index (χ2v) is 5.87. The predicted molar refractivity (Wildman–Crippen MR) is 81.0 cm³/mol. The smallest absolute Gasteiger partial charge is 0.160 e. The minimum atomic E-state index is -0.972. The van der Waals surface area contributed by atoms with Crippen LogP contribution >= 0.6 is 0 Å². The maximum atomic E-state index is 12.2. The second kappa shape index (κ2) is 7.10. The van der Waals surface area contributed by atoms with E-state index in [0.29, 0.717) is 17.3 Å². The van der Waals surface area contributed by atoms with Crippen molar-refractivity contribution in [2.75, 3.05) is 20.0 Å². The van der Waals surface area contributed by atoms with Gasteiger partial charge in [0, 0.05) is 10.6 Å². The van der Waals surface area contributed by atoms with Gasteiger partial charge in [-0.2, -0.15) is 0 Å². The molecular formula is C16H18O3S. The standard InChI is InChI=1S/C16H18O3S/c1-18-15-9-8-13(12-16(15)19-2)10-11-20(17)14-6-4-3-5-7-14/h3-9,12H,10-11H2,1-2H3. The van der Waals surface area contributed by atoms with E-state index in [1.54, 1.807) is 14.2 Å². The summed E-state index contributed by atoms with van der Waals surface area (Å²) in [6.45, 7) is 0. The van der Waals surface area contributed by atoms with Crippen LogP contribution in [0.15, 0.2) is 53.4 Å². The summed E-state index contributed by atoms with van der Waals surface area (Å²) in [6.07, 6.45) is 0.738. The molecule has 0 saturated heterocycles. The van der Waals surface area contributed by atoms with Gasteiger partial charge in [0.2, 0.25) is 0 Å². The van der Waals surface area contributed by atoms with E-state index >= 15 is 0 Å². The number of methoxy groups -OCH3 is 2. The Kier molecular flexibility index (Phi) is 5.18. The lowest BCUT2D eigenvalue weighted by atomic mass is 10.1. The maximum absolute atomic E-state index is 12.2. The summed E-state index contributed by atoms with van der Waals surface area (Å²) in [5, 5.41) is 0. The molecule has 20 heavy (non-hydrogen) atoms. The van der Waals surface area contributed by atoms with Gasteiger partial charge in [0.15, 0.2) is 11.5 Å². The lowest BCUT2D eigenvalue weighted by molar-refractivity contribution is 0.354. The van der Waals surface area contributed by atoms with Crippen LogP contribution in [0.25, 0.3) is 0 Å². The minimum absolute atomic E-state index is 0.597. The Balaban J connectivity index is 2.02. The molecule has 0 aliphatic heterocycles. The van der Waals surface area contributed by atoms with E-state index in [2.05, 4.69) is 0 Å². The van der Waals surface area contributed by atoms with E-state index < -0.39 is 10.8 Å². The number of benzene rings is 2. The van der Waals surface area contributed by atoms with Crippen molar-refractivity contribution < 1.29 is 13.7 Å². The lowest BCUT2D eigenvalue weighted by Crippen LogP contribution is -2.02. The third-order valence-electron chi connectivity index (χ3n) is 3.03. The van der Waals surface area contributed by atoms with E-state index in [0.717, 1.165) is 16.9 Å². The normalized spacial score (nSPS) is 11.9. The van der Waals surface area contributed by atoms with Gasteiger partial charge in [-0.25, -0.2) is 0 Å². The molecule has 1 atom stereocenters. The molecule has 0 heterocycles. The molecule has 4 heteroatoms.